The van der Waals surface area contributed by atoms with Gasteiger partial charge in [-0.05, 0) is 18.2 Å². The fourth-order valence-corrected chi connectivity index (χ4v) is 4.63. The van der Waals surface area contributed by atoms with E-state index in [4.69, 9.17) is 0 Å². The van der Waals surface area contributed by atoms with E-state index in [1.54, 1.807) is 12.1 Å². The van der Waals surface area contributed by atoms with E-state index in [2.05, 4.69) is 31.9 Å². The number of alkyl halides is 1. The molecule has 2 rings (SSSR count). The fourth-order valence-electron chi connectivity index (χ4n) is 1.49. The quantitative estimate of drug-likeness (QED) is 0.672. The van der Waals surface area contributed by atoms with Crippen molar-refractivity contribution >= 4 is 47.5 Å². The highest BCUT2D eigenvalue weighted by Gasteiger charge is 2.35. The highest BCUT2D eigenvalue weighted by atomic mass is 79.9. The lowest BCUT2D eigenvalue weighted by Gasteiger charge is -2.19. The Bertz CT molecular complexity index is 536. The summed E-state index contributed by atoms with van der Waals surface area (Å²) >= 11 is 6.29. The molecule has 1 aliphatic heterocycles. The van der Waals surface area contributed by atoms with Gasteiger partial charge in [0.2, 0.25) is 0 Å². The maximum Gasteiger partial charge on any atom is 0.180 e. The van der Waals surface area contributed by atoms with Crippen molar-refractivity contribution in [1.29, 1.82) is 0 Å². The normalized spacial score (nSPS) is 23.6. The molecule has 0 spiro atoms. The number of hydrogen-bond acceptors (Lipinski definition) is 3. The van der Waals surface area contributed by atoms with Gasteiger partial charge in [0, 0.05) is 10.0 Å². The van der Waals surface area contributed by atoms with Crippen LogP contribution >= 0.6 is 31.9 Å². The highest BCUT2D eigenvalue weighted by molar-refractivity contribution is 9.10. The van der Waals surface area contributed by atoms with Gasteiger partial charge in [-0.15, -0.1) is 0 Å². The molecule has 1 aromatic carbocycles. The molecule has 6 heteroatoms. The number of halogens is 2. The Labute approximate surface area is 104 Å². The Morgan fingerprint density at radius 3 is 2.67 bits per heavy atom. The summed E-state index contributed by atoms with van der Waals surface area (Å²) in [6.07, 6.45) is 0. The second-order valence-electron chi connectivity index (χ2n) is 3.25. The second kappa shape index (κ2) is 3.68. The molecule has 1 aliphatic rings. The molecule has 0 aromatic heterocycles. The maximum atomic E-state index is 11.7. The van der Waals surface area contributed by atoms with Gasteiger partial charge in [-0.3, -0.25) is 4.79 Å². The van der Waals surface area contributed by atoms with Crippen LogP contribution in [0.5, 0.6) is 0 Å². The topological polar surface area (TPSA) is 51.2 Å². The Kier molecular flexibility index (Phi) is 2.77. The minimum Gasteiger partial charge on any atom is -0.293 e. The van der Waals surface area contributed by atoms with E-state index in [0.29, 0.717) is 4.47 Å². The summed E-state index contributed by atoms with van der Waals surface area (Å²) in [6, 6.07) is 4.63. The third kappa shape index (κ3) is 1.90. The van der Waals surface area contributed by atoms with Gasteiger partial charge in [-0.25, -0.2) is 8.42 Å². The van der Waals surface area contributed by atoms with Gasteiger partial charge in [0.1, 0.15) is 0 Å². The Morgan fingerprint density at radius 1 is 1.33 bits per heavy atom. The molecule has 1 heterocycles. The monoisotopic (exact) mass is 352 g/mol. The Balaban J connectivity index is 2.75. The molecule has 0 saturated carbocycles. The van der Waals surface area contributed by atoms with Gasteiger partial charge < -0.3 is 0 Å². The van der Waals surface area contributed by atoms with Crippen molar-refractivity contribution < 1.29 is 13.2 Å². The molecule has 1 atom stereocenters. The molecule has 0 fully saturated rings. The number of rotatable bonds is 0. The minimum absolute atomic E-state index is 0.131. The maximum absolute atomic E-state index is 11.7. The van der Waals surface area contributed by atoms with Crippen LogP contribution in [0, 0.1) is 0 Å². The summed E-state index contributed by atoms with van der Waals surface area (Å²) in [4.78, 5) is 11.2. The molecule has 80 valence electrons. The molecule has 1 aromatic rings. The average Bonchev–Trinajstić information content (AvgIpc) is 2.13. The van der Waals surface area contributed by atoms with Gasteiger partial charge in [-0.1, -0.05) is 31.9 Å². The van der Waals surface area contributed by atoms with E-state index in [0.717, 1.165) is 0 Å². The standard InChI is InChI=1S/C9H6Br2O3S/c10-5-1-2-8-6(3-5)9(12)7(11)4-15(8,13)14/h1-3,7H,4H2. The number of sulfone groups is 1. The van der Waals surface area contributed by atoms with Gasteiger partial charge >= 0.3 is 0 Å². The first-order valence-electron chi connectivity index (χ1n) is 4.12. The summed E-state index contributed by atoms with van der Waals surface area (Å²) in [5, 5.41) is 0. The third-order valence-electron chi connectivity index (χ3n) is 2.19. The number of benzene rings is 1. The molecule has 0 radical (unpaired) electrons. The van der Waals surface area contributed by atoms with Crippen molar-refractivity contribution in [3.05, 3.63) is 28.2 Å². The molecule has 0 bridgehead atoms. The van der Waals surface area contributed by atoms with Gasteiger partial charge in [0.25, 0.3) is 0 Å². The van der Waals surface area contributed by atoms with Crippen LogP contribution in [0.1, 0.15) is 10.4 Å². The van der Waals surface area contributed by atoms with Crippen LogP contribution in [0.4, 0.5) is 0 Å². The lowest BCUT2D eigenvalue weighted by atomic mass is 10.1. The summed E-state index contributed by atoms with van der Waals surface area (Å²) in [5.41, 5.74) is 0.262. The van der Waals surface area contributed by atoms with Gasteiger partial charge in [-0.2, -0.15) is 0 Å². The molecule has 1 unspecified atom stereocenters. The average molecular weight is 354 g/mol. The van der Waals surface area contributed by atoms with Gasteiger partial charge in [0.05, 0.1) is 15.5 Å². The van der Waals surface area contributed by atoms with Crippen LogP contribution in [-0.2, 0) is 9.84 Å². The minimum atomic E-state index is -3.33. The largest absolute Gasteiger partial charge is 0.293 e. The van der Waals surface area contributed by atoms with E-state index in [-0.39, 0.29) is 22.0 Å². The van der Waals surface area contributed by atoms with Crippen molar-refractivity contribution in [2.45, 2.75) is 9.72 Å². The van der Waals surface area contributed by atoms with Crippen LogP contribution in [0.2, 0.25) is 0 Å². The van der Waals surface area contributed by atoms with E-state index >= 15 is 0 Å². The number of carbonyl (C=O) groups excluding carboxylic acids is 1. The van der Waals surface area contributed by atoms with E-state index in [1.807, 2.05) is 0 Å². The molecule has 15 heavy (non-hydrogen) atoms. The van der Waals surface area contributed by atoms with Crippen molar-refractivity contribution in [2.24, 2.45) is 0 Å². The van der Waals surface area contributed by atoms with E-state index in [1.165, 1.54) is 6.07 Å². The van der Waals surface area contributed by atoms with Crippen LogP contribution in [0.3, 0.4) is 0 Å². The van der Waals surface area contributed by atoms with Crippen molar-refractivity contribution in [3.8, 4) is 0 Å². The van der Waals surface area contributed by atoms with Crippen LogP contribution in [0.25, 0.3) is 0 Å². The second-order valence-corrected chi connectivity index (χ2v) is 7.28. The number of Topliss-reactive ketones (excluding diaryl/α,β-unsaturated/α-hetero) is 1. The van der Waals surface area contributed by atoms with Crippen molar-refractivity contribution in [1.82, 2.24) is 0 Å². The fraction of sp³-hybridized carbons (Fsp3) is 0.222. The van der Waals surface area contributed by atoms with E-state index < -0.39 is 14.7 Å². The van der Waals surface area contributed by atoms with Crippen LogP contribution in [0.15, 0.2) is 27.6 Å². The predicted molar refractivity (Wildman–Crippen MR) is 63.2 cm³/mol. The van der Waals surface area contributed by atoms with Crippen molar-refractivity contribution in [2.75, 3.05) is 5.75 Å². The summed E-state index contributed by atoms with van der Waals surface area (Å²) in [6.45, 7) is 0. The molecule has 3 nitrogen and oxygen atoms in total. The number of fused-ring (bicyclic) bond motifs is 1. The first-order valence-corrected chi connectivity index (χ1v) is 7.48. The Morgan fingerprint density at radius 2 is 2.00 bits per heavy atom. The molecular formula is C9H6Br2O3S. The lowest BCUT2D eigenvalue weighted by Crippen LogP contribution is -2.31. The summed E-state index contributed by atoms with van der Waals surface area (Å²) < 4.78 is 24.2. The molecular weight excluding hydrogens is 348 g/mol. The zero-order valence-electron chi connectivity index (χ0n) is 7.41. The SMILES string of the molecule is O=C1c2cc(Br)ccc2S(=O)(=O)CC1Br. The zero-order valence-corrected chi connectivity index (χ0v) is 11.4. The predicted octanol–water partition coefficient (Wildman–Crippen LogP) is 2.18. The smallest absolute Gasteiger partial charge is 0.180 e. The molecule has 0 N–H and O–H groups in total. The number of ketones is 1. The number of hydrogen-bond donors (Lipinski definition) is 0. The highest BCUT2D eigenvalue weighted by Crippen LogP contribution is 2.30. The van der Waals surface area contributed by atoms with Crippen LogP contribution in [-0.4, -0.2) is 24.8 Å². The first-order chi connectivity index (χ1) is 6.92. The summed E-state index contributed by atoms with van der Waals surface area (Å²) in [7, 11) is -3.33. The molecule has 0 saturated heterocycles. The Hall–Kier alpha value is -0.200. The van der Waals surface area contributed by atoms with Crippen molar-refractivity contribution in [3.63, 3.8) is 0 Å². The first kappa shape index (κ1) is 11.3. The molecule has 0 aliphatic carbocycles. The zero-order chi connectivity index (χ0) is 11.2. The lowest BCUT2D eigenvalue weighted by molar-refractivity contribution is 0.0990. The summed E-state index contributed by atoms with van der Waals surface area (Å²) in [5.74, 6) is -0.346. The third-order valence-corrected chi connectivity index (χ3v) is 5.65. The molecule has 0 amide bonds. The van der Waals surface area contributed by atoms with Crippen LogP contribution < -0.4 is 0 Å². The van der Waals surface area contributed by atoms with E-state index in [9.17, 15) is 13.2 Å². The van der Waals surface area contributed by atoms with Gasteiger partial charge in [0.15, 0.2) is 15.6 Å². The number of carbonyl (C=O) groups is 1.